The van der Waals surface area contributed by atoms with Crippen LogP contribution in [0.15, 0.2) is 47.9 Å². The summed E-state index contributed by atoms with van der Waals surface area (Å²) in [5.74, 6) is 0.565. The highest BCUT2D eigenvalue weighted by Gasteiger charge is 2.16. The van der Waals surface area contributed by atoms with Crippen molar-refractivity contribution in [2.24, 2.45) is 0 Å². The summed E-state index contributed by atoms with van der Waals surface area (Å²) in [6.45, 7) is 3.57. The minimum Gasteiger partial charge on any atom is -0.390 e. The van der Waals surface area contributed by atoms with Crippen LogP contribution in [0.3, 0.4) is 0 Å². The summed E-state index contributed by atoms with van der Waals surface area (Å²) in [4.78, 5) is 8.64. The predicted molar refractivity (Wildman–Crippen MR) is 83.7 cm³/mol. The number of hydrogen-bond donors (Lipinski definition) is 1. The quantitative estimate of drug-likeness (QED) is 0.593. The van der Waals surface area contributed by atoms with E-state index in [-0.39, 0.29) is 0 Å². The van der Waals surface area contributed by atoms with E-state index in [1.807, 2.05) is 30.3 Å². The van der Waals surface area contributed by atoms with Crippen LogP contribution in [0.1, 0.15) is 13.8 Å². The Hall–Kier alpha value is -1.92. The molecule has 0 unspecified atom stereocenters. The van der Waals surface area contributed by atoms with Crippen molar-refractivity contribution in [2.45, 2.75) is 24.5 Å². The Morgan fingerprint density at radius 1 is 1.19 bits per heavy atom. The Labute approximate surface area is 127 Å². The number of nitrogens with zero attached hydrogens (tertiary/aromatic N) is 4. The molecule has 0 bridgehead atoms. The van der Waals surface area contributed by atoms with Crippen molar-refractivity contribution in [2.75, 3.05) is 5.75 Å². The monoisotopic (exact) mass is 300 g/mol. The van der Waals surface area contributed by atoms with Gasteiger partial charge in [-0.05, 0) is 26.0 Å². The van der Waals surface area contributed by atoms with E-state index >= 15 is 0 Å². The van der Waals surface area contributed by atoms with Gasteiger partial charge in [-0.15, -0.1) is 11.8 Å². The lowest BCUT2D eigenvalue weighted by Crippen LogP contribution is -2.21. The fraction of sp³-hybridized carbons (Fsp3) is 0.267. The molecule has 21 heavy (non-hydrogen) atoms. The second kappa shape index (κ2) is 5.46. The lowest BCUT2D eigenvalue weighted by atomic mass is 10.2. The van der Waals surface area contributed by atoms with Crippen LogP contribution in [0.2, 0.25) is 0 Å². The molecule has 3 rings (SSSR count). The molecule has 0 fully saturated rings. The van der Waals surface area contributed by atoms with Crippen molar-refractivity contribution in [3.05, 3.63) is 42.9 Å². The van der Waals surface area contributed by atoms with Gasteiger partial charge in [0, 0.05) is 5.75 Å². The van der Waals surface area contributed by atoms with E-state index in [0.717, 1.165) is 21.7 Å². The van der Waals surface area contributed by atoms with E-state index < -0.39 is 5.60 Å². The van der Waals surface area contributed by atoms with Gasteiger partial charge in [-0.1, -0.05) is 18.2 Å². The minimum atomic E-state index is -0.739. The first-order valence-corrected chi connectivity index (χ1v) is 7.62. The van der Waals surface area contributed by atoms with Crippen LogP contribution in [-0.2, 0) is 0 Å². The summed E-state index contributed by atoms with van der Waals surface area (Å²) in [7, 11) is 0. The average Bonchev–Trinajstić information content (AvgIpc) is 2.89. The number of aromatic nitrogens is 4. The van der Waals surface area contributed by atoms with E-state index in [0.29, 0.717) is 5.75 Å². The summed E-state index contributed by atoms with van der Waals surface area (Å²) in [5, 5.41) is 16.0. The van der Waals surface area contributed by atoms with Crippen LogP contribution < -0.4 is 0 Å². The molecule has 0 atom stereocenters. The second-order valence-electron chi connectivity index (χ2n) is 5.41. The Kier molecular flexibility index (Phi) is 3.65. The number of aliphatic hydroxyl groups is 1. The molecule has 5 nitrogen and oxygen atoms in total. The minimum absolute atomic E-state index is 0.565. The number of benzene rings is 1. The fourth-order valence-electron chi connectivity index (χ4n) is 1.94. The van der Waals surface area contributed by atoms with Gasteiger partial charge in [-0.2, -0.15) is 5.10 Å². The highest BCUT2D eigenvalue weighted by molar-refractivity contribution is 7.99. The van der Waals surface area contributed by atoms with E-state index in [1.165, 1.54) is 18.1 Å². The Bertz CT molecular complexity index is 749. The molecule has 0 aliphatic carbocycles. The molecule has 1 N–H and O–H groups in total. The second-order valence-corrected chi connectivity index (χ2v) is 6.37. The zero-order valence-electron chi connectivity index (χ0n) is 11.9. The third kappa shape index (κ3) is 3.06. The van der Waals surface area contributed by atoms with Crippen LogP contribution in [0.25, 0.3) is 16.7 Å². The molecule has 0 saturated heterocycles. The molecule has 1 aromatic carbocycles. The molecule has 3 aromatic rings. The van der Waals surface area contributed by atoms with Gasteiger partial charge in [0.2, 0.25) is 0 Å². The number of para-hydroxylation sites is 1. The van der Waals surface area contributed by atoms with Crippen molar-refractivity contribution in [3.8, 4) is 5.69 Å². The lowest BCUT2D eigenvalue weighted by molar-refractivity contribution is 0.107. The van der Waals surface area contributed by atoms with E-state index in [1.54, 1.807) is 24.7 Å². The third-order valence-corrected chi connectivity index (χ3v) is 4.34. The first-order chi connectivity index (χ1) is 10.0. The highest BCUT2D eigenvalue weighted by Crippen LogP contribution is 2.27. The average molecular weight is 300 g/mol. The maximum Gasteiger partial charge on any atom is 0.167 e. The molecule has 2 aromatic heterocycles. The first-order valence-electron chi connectivity index (χ1n) is 6.64. The van der Waals surface area contributed by atoms with Crippen molar-refractivity contribution < 1.29 is 5.11 Å². The zero-order valence-corrected chi connectivity index (χ0v) is 12.7. The lowest BCUT2D eigenvalue weighted by Gasteiger charge is -2.15. The Balaban J connectivity index is 2.01. The van der Waals surface area contributed by atoms with Gasteiger partial charge < -0.3 is 5.11 Å². The Morgan fingerprint density at radius 3 is 2.67 bits per heavy atom. The van der Waals surface area contributed by atoms with E-state index in [9.17, 15) is 5.11 Å². The van der Waals surface area contributed by atoms with Crippen molar-refractivity contribution in [3.63, 3.8) is 0 Å². The highest BCUT2D eigenvalue weighted by atomic mass is 32.2. The summed E-state index contributed by atoms with van der Waals surface area (Å²) >= 11 is 1.51. The topological polar surface area (TPSA) is 63.8 Å². The number of hydrogen-bond acceptors (Lipinski definition) is 5. The van der Waals surface area contributed by atoms with Crippen molar-refractivity contribution >= 4 is 22.8 Å². The molecule has 2 heterocycles. The van der Waals surface area contributed by atoms with E-state index in [4.69, 9.17) is 0 Å². The SMILES string of the molecule is CC(C)(O)CSc1ncnc2c1cnn2-c1ccccc1. The van der Waals surface area contributed by atoms with Crippen LogP contribution in [-0.4, -0.2) is 36.2 Å². The van der Waals surface area contributed by atoms with Crippen LogP contribution in [0.5, 0.6) is 0 Å². The standard InChI is InChI=1S/C15H16N4OS/c1-15(2,20)9-21-14-12-8-18-19(13(12)16-10-17-14)11-6-4-3-5-7-11/h3-8,10,20H,9H2,1-2H3. The summed E-state index contributed by atoms with van der Waals surface area (Å²) in [5.41, 5.74) is 0.997. The van der Waals surface area contributed by atoms with Gasteiger partial charge in [-0.25, -0.2) is 14.6 Å². The van der Waals surface area contributed by atoms with Crippen molar-refractivity contribution in [1.82, 2.24) is 19.7 Å². The smallest absolute Gasteiger partial charge is 0.167 e. The summed E-state index contributed by atoms with van der Waals surface area (Å²) < 4.78 is 1.80. The number of thioether (sulfide) groups is 1. The molecule has 108 valence electrons. The molecule has 0 aliphatic heterocycles. The van der Waals surface area contributed by atoms with Crippen LogP contribution in [0.4, 0.5) is 0 Å². The van der Waals surface area contributed by atoms with Gasteiger partial charge in [-0.3, -0.25) is 0 Å². The van der Waals surface area contributed by atoms with Gasteiger partial charge >= 0.3 is 0 Å². The van der Waals surface area contributed by atoms with E-state index in [2.05, 4.69) is 15.1 Å². The molecule has 0 amide bonds. The Morgan fingerprint density at radius 2 is 1.95 bits per heavy atom. The van der Waals surface area contributed by atoms with Gasteiger partial charge in [0.1, 0.15) is 11.4 Å². The van der Waals surface area contributed by atoms with Crippen LogP contribution >= 0.6 is 11.8 Å². The molecule has 0 radical (unpaired) electrons. The van der Waals surface area contributed by atoms with Gasteiger partial charge in [0.25, 0.3) is 0 Å². The first kappa shape index (κ1) is 14.0. The zero-order chi connectivity index (χ0) is 14.9. The maximum absolute atomic E-state index is 9.85. The van der Waals surface area contributed by atoms with Crippen molar-refractivity contribution in [1.29, 1.82) is 0 Å². The number of fused-ring (bicyclic) bond motifs is 1. The molecule has 6 heteroatoms. The maximum atomic E-state index is 9.85. The molecular formula is C15H16N4OS. The van der Waals surface area contributed by atoms with Gasteiger partial charge in [0.05, 0.1) is 22.9 Å². The predicted octanol–water partition coefficient (Wildman–Crippen LogP) is 2.68. The molecule has 0 saturated carbocycles. The van der Waals surface area contributed by atoms with Crippen LogP contribution in [0, 0.1) is 0 Å². The summed E-state index contributed by atoms with van der Waals surface area (Å²) in [6.07, 6.45) is 3.31. The van der Waals surface area contributed by atoms with Gasteiger partial charge in [0.15, 0.2) is 5.65 Å². The summed E-state index contributed by atoms with van der Waals surface area (Å²) in [6, 6.07) is 9.87. The number of rotatable bonds is 4. The molecular weight excluding hydrogens is 284 g/mol. The third-order valence-electron chi connectivity index (χ3n) is 2.89. The molecule has 0 spiro atoms. The normalized spacial score (nSPS) is 12.0. The largest absolute Gasteiger partial charge is 0.390 e. The molecule has 0 aliphatic rings. The fourth-order valence-corrected chi connectivity index (χ4v) is 2.85.